The Hall–Kier alpha value is -3.51. The first-order valence-electron chi connectivity index (χ1n) is 11.2. The minimum absolute atomic E-state index is 0.148. The van der Waals surface area contributed by atoms with Gasteiger partial charge in [-0.2, -0.15) is 0 Å². The molecule has 3 aromatic rings. The van der Waals surface area contributed by atoms with Crippen molar-refractivity contribution in [3.63, 3.8) is 0 Å². The Morgan fingerprint density at radius 1 is 1.33 bits per heavy atom. The van der Waals surface area contributed by atoms with Gasteiger partial charge in [-0.1, -0.05) is 0 Å². The molecule has 4 rings (SSSR count). The lowest BCUT2D eigenvalue weighted by molar-refractivity contribution is -0.133. The number of carbonyl (C=O) groups excluding carboxylic acids is 1. The number of nitrogens with zero attached hydrogens (tertiary/aromatic N) is 6. The SMILES string of the molecule is [C-]#[N+]c1cnc(NC(C)C2CCN(C(=O)CN(C)C)CC2)nc1-c1c[nH]c2ncc(C)cc12. The average molecular weight is 447 g/mol. The molecule has 33 heavy (non-hydrogen) atoms. The fourth-order valence-corrected chi connectivity index (χ4v) is 4.37. The molecule has 1 aliphatic rings. The zero-order valence-corrected chi connectivity index (χ0v) is 19.6. The van der Waals surface area contributed by atoms with Crippen molar-refractivity contribution >= 4 is 28.6 Å². The van der Waals surface area contributed by atoms with Gasteiger partial charge in [0.2, 0.25) is 17.5 Å². The minimum Gasteiger partial charge on any atom is -0.352 e. The van der Waals surface area contributed by atoms with Crippen LogP contribution >= 0.6 is 0 Å². The van der Waals surface area contributed by atoms with E-state index in [2.05, 4.69) is 32.0 Å². The molecule has 1 unspecified atom stereocenters. The van der Waals surface area contributed by atoms with E-state index in [1.807, 2.05) is 49.3 Å². The van der Waals surface area contributed by atoms with Crippen LogP contribution in [0.15, 0.2) is 24.7 Å². The highest BCUT2D eigenvalue weighted by Crippen LogP contribution is 2.34. The van der Waals surface area contributed by atoms with E-state index < -0.39 is 0 Å². The molecule has 2 N–H and O–H groups in total. The van der Waals surface area contributed by atoms with E-state index in [-0.39, 0.29) is 11.9 Å². The van der Waals surface area contributed by atoms with Crippen molar-refractivity contribution in [1.82, 2.24) is 29.7 Å². The van der Waals surface area contributed by atoms with E-state index in [4.69, 9.17) is 11.6 Å². The summed E-state index contributed by atoms with van der Waals surface area (Å²) in [6.45, 7) is 13.7. The number of piperidine rings is 1. The lowest BCUT2D eigenvalue weighted by atomic mass is 9.90. The van der Waals surface area contributed by atoms with Crippen molar-refractivity contribution in [1.29, 1.82) is 0 Å². The number of aryl methyl sites for hydroxylation is 1. The fourth-order valence-electron chi connectivity index (χ4n) is 4.37. The van der Waals surface area contributed by atoms with Crippen LogP contribution in [0, 0.1) is 19.4 Å². The third-order valence-electron chi connectivity index (χ3n) is 6.22. The highest BCUT2D eigenvalue weighted by Gasteiger charge is 2.27. The van der Waals surface area contributed by atoms with E-state index >= 15 is 0 Å². The monoisotopic (exact) mass is 446 g/mol. The summed E-state index contributed by atoms with van der Waals surface area (Å²) in [4.78, 5) is 36.5. The number of pyridine rings is 1. The van der Waals surface area contributed by atoms with Gasteiger partial charge in [-0.25, -0.2) is 19.8 Å². The predicted octanol–water partition coefficient (Wildman–Crippen LogP) is 3.48. The first-order chi connectivity index (χ1) is 15.9. The molecule has 1 saturated heterocycles. The van der Waals surface area contributed by atoms with Crippen molar-refractivity contribution < 1.29 is 4.79 Å². The quantitative estimate of drug-likeness (QED) is 0.563. The maximum atomic E-state index is 12.3. The summed E-state index contributed by atoms with van der Waals surface area (Å²) in [5.74, 6) is 1.11. The van der Waals surface area contributed by atoms with Crippen LogP contribution in [0.25, 0.3) is 27.1 Å². The Labute approximate surface area is 194 Å². The van der Waals surface area contributed by atoms with Crippen LogP contribution in [0.2, 0.25) is 0 Å². The molecule has 1 fully saturated rings. The molecule has 9 nitrogen and oxygen atoms in total. The van der Waals surface area contributed by atoms with Gasteiger partial charge in [0.05, 0.1) is 18.8 Å². The number of hydrogen-bond acceptors (Lipinski definition) is 6. The largest absolute Gasteiger partial charge is 0.352 e. The van der Waals surface area contributed by atoms with Crippen molar-refractivity contribution in [2.75, 3.05) is 39.0 Å². The Bertz CT molecular complexity index is 1190. The molecule has 0 aliphatic carbocycles. The van der Waals surface area contributed by atoms with Gasteiger partial charge in [-0.15, -0.1) is 0 Å². The molecule has 0 radical (unpaired) electrons. The molecule has 1 amide bonds. The first kappa shape index (κ1) is 22.7. The van der Waals surface area contributed by atoms with Crippen molar-refractivity contribution in [3.05, 3.63) is 41.6 Å². The number of rotatable bonds is 6. The Morgan fingerprint density at radius 3 is 2.79 bits per heavy atom. The molecule has 4 heterocycles. The molecule has 1 aliphatic heterocycles. The van der Waals surface area contributed by atoms with Gasteiger partial charge < -0.3 is 20.1 Å². The lowest BCUT2D eigenvalue weighted by Gasteiger charge is -2.35. The molecule has 0 bridgehead atoms. The molecular weight excluding hydrogens is 416 g/mol. The Morgan fingerprint density at radius 2 is 2.09 bits per heavy atom. The van der Waals surface area contributed by atoms with Crippen LogP contribution in [0.3, 0.4) is 0 Å². The number of aromatic nitrogens is 4. The number of aromatic amines is 1. The normalized spacial score (nSPS) is 15.6. The Balaban J connectivity index is 1.49. The van der Waals surface area contributed by atoms with Gasteiger partial charge in [0.15, 0.2) is 0 Å². The predicted molar refractivity (Wildman–Crippen MR) is 129 cm³/mol. The van der Waals surface area contributed by atoms with E-state index in [1.165, 1.54) is 0 Å². The van der Waals surface area contributed by atoms with Gasteiger partial charge in [0.25, 0.3) is 0 Å². The van der Waals surface area contributed by atoms with Gasteiger partial charge in [0.1, 0.15) is 5.65 Å². The number of anilines is 1. The number of likely N-dealkylation sites (N-methyl/N-ethyl adjacent to an activating group) is 1. The van der Waals surface area contributed by atoms with Crippen LogP contribution < -0.4 is 5.32 Å². The maximum absolute atomic E-state index is 12.3. The smallest absolute Gasteiger partial charge is 0.236 e. The summed E-state index contributed by atoms with van der Waals surface area (Å²) < 4.78 is 0. The lowest BCUT2D eigenvalue weighted by Crippen LogP contribution is -2.45. The Kier molecular flexibility index (Phi) is 6.56. The highest BCUT2D eigenvalue weighted by atomic mass is 16.2. The molecule has 0 aromatic carbocycles. The minimum atomic E-state index is 0.148. The van der Waals surface area contributed by atoms with Crippen molar-refractivity contribution in [2.24, 2.45) is 5.92 Å². The van der Waals surface area contributed by atoms with Crippen LogP contribution in [0.5, 0.6) is 0 Å². The van der Waals surface area contributed by atoms with Crippen LogP contribution in [0.4, 0.5) is 11.6 Å². The first-order valence-corrected chi connectivity index (χ1v) is 11.2. The number of H-pyrrole nitrogens is 1. The molecule has 0 saturated carbocycles. The second-order valence-electron chi connectivity index (χ2n) is 9.04. The van der Waals surface area contributed by atoms with Gasteiger partial charge in [-0.05, 0) is 58.3 Å². The molecule has 172 valence electrons. The highest BCUT2D eigenvalue weighted by molar-refractivity contribution is 5.96. The number of carbonyl (C=O) groups is 1. The summed E-state index contributed by atoms with van der Waals surface area (Å²) in [5.41, 5.74) is 3.66. The van der Waals surface area contributed by atoms with Crippen LogP contribution in [0.1, 0.15) is 25.3 Å². The number of fused-ring (bicyclic) bond motifs is 1. The second kappa shape index (κ2) is 9.55. The van der Waals surface area contributed by atoms with E-state index in [1.54, 1.807) is 6.20 Å². The van der Waals surface area contributed by atoms with Crippen molar-refractivity contribution in [2.45, 2.75) is 32.7 Å². The number of likely N-dealkylation sites (tertiary alicyclic amines) is 1. The summed E-state index contributed by atoms with van der Waals surface area (Å²) in [5, 5.41) is 4.38. The second-order valence-corrected chi connectivity index (χ2v) is 9.04. The van der Waals surface area contributed by atoms with E-state index in [0.29, 0.717) is 29.8 Å². The molecule has 0 spiro atoms. The number of hydrogen-bond donors (Lipinski definition) is 2. The standard InChI is InChI=1S/C24H30N8O/c1-15-10-18-19(12-27-23(18)26-11-15)22-20(25-3)13-28-24(30-22)29-16(2)17-6-8-32(9-7-17)21(33)14-31(4)5/h10-13,16-17H,6-9,14H2,1-2,4-5H3,(H,26,27)(H,28,29,30). The van der Waals surface area contributed by atoms with E-state index in [9.17, 15) is 4.79 Å². The summed E-state index contributed by atoms with van der Waals surface area (Å²) >= 11 is 0. The van der Waals surface area contributed by atoms with Gasteiger partial charge in [-0.3, -0.25) is 4.79 Å². The molecule has 3 aromatic heterocycles. The average Bonchev–Trinajstić information content (AvgIpc) is 3.21. The zero-order valence-electron chi connectivity index (χ0n) is 19.6. The third kappa shape index (κ3) is 4.96. The van der Waals surface area contributed by atoms with Crippen LogP contribution in [-0.2, 0) is 4.79 Å². The van der Waals surface area contributed by atoms with Crippen LogP contribution in [-0.4, -0.2) is 75.4 Å². The third-order valence-corrected chi connectivity index (χ3v) is 6.22. The van der Waals surface area contributed by atoms with E-state index in [0.717, 1.165) is 48.1 Å². The van der Waals surface area contributed by atoms with Crippen molar-refractivity contribution in [3.8, 4) is 11.3 Å². The number of nitrogens with one attached hydrogen (secondary N) is 2. The maximum Gasteiger partial charge on any atom is 0.236 e. The molecule has 1 atom stereocenters. The molecule has 9 heteroatoms. The van der Waals surface area contributed by atoms with Gasteiger partial charge in [0, 0.05) is 48.7 Å². The topological polar surface area (TPSA) is 94.4 Å². The summed E-state index contributed by atoms with van der Waals surface area (Å²) in [6.07, 6.45) is 7.12. The summed E-state index contributed by atoms with van der Waals surface area (Å²) in [7, 11) is 3.83. The number of amides is 1. The molecular formula is C24H30N8O. The zero-order chi connectivity index (χ0) is 23.5. The summed E-state index contributed by atoms with van der Waals surface area (Å²) in [6, 6.07) is 2.19. The fraction of sp³-hybridized carbons (Fsp3) is 0.458. The van der Waals surface area contributed by atoms with Gasteiger partial charge >= 0.3 is 0 Å².